The Hall–Kier alpha value is -2.79. The van der Waals surface area contributed by atoms with Crippen LogP contribution in [0.25, 0.3) is 0 Å². The minimum atomic E-state index is -3.88. The summed E-state index contributed by atoms with van der Waals surface area (Å²) in [6.45, 7) is 8.53. The summed E-state index contributed by atoms with van der Waals surface area (Å²) in [7, 11) is -3.88. The van der Waals surface area contributed by atoms with Crippen LogP contribution < -0.4 is 0 Å². The molecular formula is C19H25N5O5S. The van der Waals surface area contributed by atoms with Crippen molar-refractivity contribution in [1.29, 1.82) is 0 Å². The first kappa shape index (κ1) is 21.9. The van der Waals surface area contributed by atoms with Gasteiger partial charge in [0.2, 0.25) is 10.0 Å². The molecule has 1 aliphatic heterocycles. The van der Waals surface area contributed by atoms with E-state index in [1.165, 1.54) is 22.5 Å². The number of piperazine rings is 1. The number of carbonyl (C=O) groups is 1. The van der Waals surface area contributed by atoms with Gasteiger partial charge < -0.3 is 4.90 Å². The van der Waals surface area contributed by atoms with Gasteiger partial charge in [0, 0.05) is 44.0 Å². The average molecular weight is 436 g/mol. The van der Waals surface area contributed by atoms with Crippen LogP contribution in [0.4, 0.5) is 5.69 Å². The van der Waals surface area contributed by atoms with E-state index in [0.29, 0.717) is 5.56 Å². The Morgan fingerprint density at radius 3 is 2.33 bits per heavy atom. The quantitative estimate of drug-likeness (QED) is 0.535. The molecule has 1 fully saturated rings. The third-order valence-electron chi connectivity index (χ3n) is 5.07. The lowest BCUT2D eigenvalue weighted by molar-refractivity contribution is -0.385. The zero-order chi connectivity index (χ0) is 22.3. The summed E-state index contributed by atoms with van der Waals surface area (Å²) in [6, 6.07) is 4.98. The first-order valence-corrected chi connectivity index (χ1v) is 11.0. The summed E-state index contributed by atoms with van der Waals surface area (Å²) in [5, 5.41) is 15.3. The molecule has 1 aromatic carbocycles. The van der Waals surface area contributed by atoms with Crippen molar-refractivity contribution in [1.82, 2.24) is 19.0 Å². The van der Waals surface area contributed by atoms with Gasteiger partial charge in [0.05, 0.1) is 27.1 Å². The third-order valence-corrected chi connectivity index (χ3v) is 6.96. The number of hydrogen-bond donors (Lipinski definition) is 0. The summed E-state index contributed by atoms with van der Waals surface area (Å²) in [5.74, 6) is -0.185. The largest absolute Gasteiger partial charge is 0.336 e. The molecule has 1 amide bonds. The van der Waals surface area contributed by atoms with E-state index < -0.39 is 14.9 Å². The maximum Gasteiger partial charge on any atom is 0.270 e. The highest BCUT2D eigenvalue weighted by atomic mass is 32.2. The van der Waals surface area contributed by atoms with Crippen LogP contribution in [0.3, 0.4) is 0 Å². The van der Waals surface area contributed by atoms with Gasteiger partial charge in [-0.15, -0.1) is 0 Å². The van der Waals surface area contributed by atoms with Gasteiger partial charge in [-0.05, 0) is 33.8 Å². The van der Waals surface area contributed by atoms with Crippen LogP contribution in [0, 0.1) is 17.0 Å². The molecule has 0 unspecified atom stereocenters. The smallest absolute Gasteiger partial charge is 0.270 e. The highest BCUT2D eigenvalue weighted by Gasteiger charge is 2.32. The Labute approximate surface area is 175 Å². The van der Waals surface area contributed by atoms with Gasteiger partial charge in [-0.2, -0.15) is 9.40 Å². The Morgan fingerprint density at radius 1 is 1.17 bits per heavy atom. The molecule has 0 saturated carbocycles. The number of benzene rings is 1. The van der Waals surface area contributed by atoms with Crippen LogP contribution >= 0.6 is 0 Å². The van der Waals surface area contributed by atoms with Gasteiger partial charge in [-0.25, -0.2) is 8.42 Å². The molecule has 0 radical (unpaired) electrons. The molecular weight excluding hydrogens is 410 g/mol. The first-order valence-electron chi connectivity index (χ1n) is 9.52. The summed E-state index contributed by atoms with van der Waals surface area (Å²) in [5.41, 5.74) is 0.725. The maximum absolute atomic E-state index is 12.9. The fourth-order valence-electron chi connectivity index (χ4n) is 3.50. The number of nitro groups is 1. The minimum absolute atomic E-state index is 0.114. The molecule has 1 aliphatic rings. The zero-order valence-electron chi connectivity index (χ0n) is 17.4. The molecule has 2 aromatic rings. The van der Waals surface area contributed by atoms with E-state index in [-0.39, 0.29) is 48.2 Å². The van der Waals surface area contributed by atoms with Crippen molar-refractivity contribution in [2.45, 2.75) is 38.1 Å². The Morgan fingerprint density at radius 2 is 1.80 bits per heavy atom. The van der Waals surface area contributed by atoms with Crippen molar-refractivity contribution in [3.8, 4) is 0 Å². The van der Waals surface area contributed by atoms with Crippen molar-refractivity contribution < 1.29 is 18.1 Å². The van der Waals surface area contributed by atoms with Gasteiger partial charge in [0.25, 0.3) is 11.6 Å². The standard InChI is InChI=1S/C19H25N5O5S/c1-14-17(13-20-23(14)19(2,3)4)18(25)21-8-10-22(11-9-21)30(28,29)16-7-5-6-15(12-16)24(26)27/h5-7,12-13H,8-11H2,1-4H3. The van der Waals surface area contributed by atoms with Crippen LogP contribution in [0.15, 0.2) is 35.4 Å². The molecule has 2 heterocycles. The second-order valence-corrected chi connectivity index (χ2v) is 10.1. The Bertz CT molecular complexity index is 1080. The van der Waals surface area contributed by atoms with Gasteiger partial charge in [-0.3, -0.25) is 19.6 Å². The molecule has 0 aliphatic carbocycles. The third kappa shape index (κ3) is 4.08. The molecule has 1 aromatic heterocycles. The lowest BCUT2D eigenvalue weighted by Crippen LogP contribution is -2.50. The molecule has 30 heavy (non-hydrogen) atoms. The van der Waals surface area contributed by atoms with Crippen LogP contribution in [-0.2, 0) is 15.6 Å². The summed E-state index contributed by atoms with van der Waals surface area (Å²) in [6.07, 6.45) is 1.55. The fourth-order valence-corrected chi connectivity index (χ4v) is 4.97. The van der Waals surface area contributed by atoms with E-state index in [4.69, 9.17) is 0 Å². The molecule has 10 nitrogen and oxygen atoms in total. The van der Waals surface area contributed by atoms with E-state index >= 15 is 0 Å². The Kier molecular flexibility index (Phi) is 5.70. The van der Waals surface area contributed by atoms with E-state index in [9.17, 15) is 23.3 Å². The summed E-state index contributed by atoms with van der Waals surface area (Å²) in [4.78, 5) is 24.7. The second kappa shape index (κ2) is 7.80. The van der Waals surface area contributed by atoms with E-state index in [1.807, 2.05) is 27.7 Å². The molecule has 162 valence electrons. The molecule has 0 N–H and O–H groups in total. The van der Waals surface area contributed by atoms with Gasteiger partial charge >= 0.3 is 0 Å². The molecule has 0 atom stereocenters. The lowest BCUT2D eigenvalue weighted by Gasteiger charge is -2.34. The van der Waals surface area contributed by atoms with Crippen molar-refractivity contribution >= 4 is 21.6 Å². The molecule has 0 bridgehead atoms. The highest BCUT2D eigenvalue weighted by Crippen LogP contribution is 2.23. The number of carbonyl (C=O) groups excluding carboxylic acids is 1. The van der Waals surface area contributed by atoms with Crippen molar-refractivity contribution in [3.05, 3.63) is 51.8 Å². The number of aromatic nitrogens is 2. The second-order valence-electron chi connectivity index (χ2n) is 8.18. The fraction of sp³-hybridized carbons (Fsp3) is 0.474. The summed E-state index contributed by atoms with van der Waals surface area (Å²) < 4.78 is 28.8. The number of non-ortho nitro benzene ring substituents is 1. The van der Waals surface area contributed by atoms with Crippen LogP contribution in [0.2, 0.25) is 0 Å². The highest BCUT2D eigenvalue weighted by molar-refractivity contribution is 7.89. The number of sulfonamides is 1. The molecule has 11 heteroatoms. The SMILES string of the molecule is Cc1c(C(=O)N2CCN(S(=O)(=O)c3cccc([N+](=O)[O-])c3)CC2)cnn1C(C)(C)C. The topological polar surface area (TPSA) is 119 Å². The van der Waals surface area contributed by atoms with Crippen molar-refractivity contribution in [2.75, 3.05) is 26.2 Å². The normalized spacial score (nSPS) is 15.9. The number of amides is 1. The average Bonchev–Trinajstić information content (AvgIpc) is 3.09. The summed E-state index contributed by atoms with van der Waals surface area (Å²) >= 11 is 0. The van der Waals surface area contributed by atoms with E-state index in [0.717, 1.165) is 11.8 Å². The first-order chi connectivity index (χ1) is 13.9. The lowest BCUT2D eigenvalue weighted by atomic mass is 10.1. The van der Waals surface area contributed by atoms with Gasteiger partial charge in [0.15, 0.2) is 0 Å². The van der Waals surface area contributed by atoms with E-state index in [1.54, 1.807) is 15.8 Å². The van der Waals surface area contributed by atoms with Crippen molar-refractivity contribution in [3.63, 3.8) is 0 Å². The van der Waals surface area contributed by atoms with Crippen LogP contribution in [0.1, 0.15) is 36.8 Å². The Balaban J connectivity index is 1.73. The van der Waals surface area contributed by atoms with Crippen LogP contribution in [0.5, 0.6) is 0 Å². The predicted molar refractivity (Wildman–Crippen MR) is 110 cm³/mol. The molecule has 0 spiro atoms. The molecule has 1 saturated heterocycles. The monoisotopic (exact) mass is 435 g/mol. The number of nitrogens with zero attached hydrogens (tertiary/aromatic N) is 5. The number of nitro benzene ring substituents is 1. The molecule has 3 rings (SSSR count). The van der Waals surface area contributed by atoms with Crippen molar-refractivity contribution in [2.24, 2.45) is 0 Å². The van der Waals surface area contributed by atoms with Crippen LogP contribution in [-0.4, -0.2) is 64.4 Å². The number of rotatable bonds is 4. The van der Waals surface area contributed by atoms with Gasteiger partial charge in [0.1, 0.15) is 0 Å². The predicted octanol–water partition coefficient (Wildman–Crippen LogP) is 2.00. The minimum Gasteiger partial charge on any atom is -0.336 e. The van der Waals surface area contributed by atoms with E-state index in [2.05, 4.69) is 5.10 Å². The van der Waals surface area contributed by atoms with Gasteiger partial charge in [-0.1, -0.05) is 6.07 Å². The zero-order valence-corrected chi connectivity index (χ0v) is 18.2. The maximum atomic E-state index is 12.9. The number of hydrogen-bond acceptors (Lipinski definition) is 6.